The maximum atomic E-state index is 13.6. The lowest BCUT2D eigenvalue weighted by molar-refractivity contribution is 0.482. The summed E-state index contributed by atoms with van der Waals surface area (Å²) in [4.78, 5) is 18.6. The van der Waals surface area contributed by atoms with Crippen LogP contribution in [0.2, 0.25) is 0 Å². The molecule has 192 valence electrons. The monoisotopic (exact) mass is 543 g/mol. The van der Waals surface area contributed by atoms with Gasteiger partial charge in [0.15, 0.2) is 5.16 Å². The van der Waals surface area contributed by atoms with Crippen LogP contribution in [0.1, 0.15) is 5.56 Å². The quantitative estimate of drug-likeness (QED) is 0.184. The van der Waals surface area contributed by atoms with E-state index in [0.717, 1.165) is 11.3 Å². The Morgan fingerprint density at radius 2 is 1.53 bits per heavy atom. The average molecular weight is 544 g/mol. The number of thioether (sulfide) groups is 1. The van der Waals surface area contributed by atoms with E-state index >= 15 is 0 Å². The normalized spacial score (nSPS) is 11.7. The van der Waals surface area contributed by atoms with E-state index in [-0.39, 0.29) is 10.5 Å². The lowest BCUT2D eigenvalue weighted by atomic mass is 10.2. The molecule has 0 atom stereocenters. The van der Waals surface area contributed by atoms with Gasteiger partial charge in [-0.15, -0.1) is 0 Å². The molecule has 0 saturated heterocycles. The van der Waals surface area contributed by atoms with Crippen LogP contribution in [0.5, 0.6) is 11.5 Å². The summed E-state index contributed by atoms with van der Waals surface area (Å²) in [6.45, 7) is 0. The zero-order chi connectivity index (χ0) is 26.7. The third-order valence-corrected chi connectivity index (χ3v) is 8.68. The fourth-order valence-corrected chi connectivity index (χ4v) is 5.81. The van der Waals surface area contributed by atoms with Gasteiger partial charge >= 0.3 is 0 Å². The molecule has 0 aliphatic heterocycles. The second-order valence-corrected chi connectivity index (χ2v) is 11.8. The van der Waals surface area contributed by atoms with E-state index in [9.17, 15) is 13.2 Å². The van der Waals surface area contributed by atoms with E-state index in [4.69, 9.17) is 9.72 Å². The smallest absolute Gasteiger partial charge is 0.266 e. The molecule has 0 aliphatic rings. The van der Waals surface area contributed by atoms with E-state index < -0.39 is 10.0 Å². The van der Waals surface area contributed by atoms with Crippen LogP contribution in [0.15, 0.2) is 118 Å². The molecule has 5 aromatic rings. The number of rotatable bonds is 8. The Labute approximate surface area is 225 Å². The second-order valence-electron chi connectivity index (χ2n) is 8.68. The number of hydrogen-bond donors (Lipinski definition) is 0. The largest absolute Gasteiger partial charge is 0.457 e. The molecular weight excluding hydrogens is 518 g/mol. The van der Waals surface area contributed by atoms with Crippen molar-refractivity contribution >= 4 is 32.7 Å². The number of benzene rings is 4. The highest BCUT2D eigenvalue weighted by Crippen LogP contribution is 2.28. The van der Waals surface area contributed by atoms with Crippen molar-refractivity contribution in [2.24, 2.45) is 0 Å². The molecule has 7 nitrogen and oxygen atoms in total. The summed E-state index contributed by atoms with van der Waals surface area (Å²) in [7, 11) is -0.545. The molecule has 0 radical (unpaired) electrons. The molecule has 0 fully saturated rings. The third kappa shape index (κ3) is 5.35. The summed E-state index contributed by atoms with van der Waals surface area (Å²) in [5.74, 6) is 1.80. The number of nitrogens with zero attached hydrogens (tertiary/aromatic N) is 3. The first-order valence-corrected chi connectivity index (χ1v) is 14.2. The SMILES string of the molecule is CN(C)S(=O)(=O)c1cccc(CSc2nc3ccccc3c(=O)n2-c2ccc(Oc3ccccc3)cc2)c1. The first-order chi connectivity index (χ1) is 18.3. The zero-order valence-corrected chi connectivity index (χ0v) is 22.4. The Kier molecular flexibility index (Phi) is 7.33. The standard InChI is InChI=1S/C29H25N3O4S2/c1-31(2)38(34,35)25-12-8-9-21(19-25)20-37-29-30-27-14-7-6-13-26(27)28(33)32(29)22-15-17-24(18-16-22)36-23-10-4-3-5-11-23/h3-19H,20H2,1-2H3. The van der Waals surface area contributed by atoms with Crippen molar-refractivity contribution in [1.82, 2.24) is 13.9 Å². The molecule has 5 rings (SSSR count). The maximum Gasteiger partial charge on any atom is 0.266 e. The first-order valence-electron chi connectivity index (χ1n) is 11.8. The van der Waals surface area contributed by atoms with E-state index in [1.54, 1.807) is 28.8 Å². The summed E-state index contributed by atoms with van der Waals surface area (Å²) >= 11 is 1.37. The Morgan fingerprint density at radius 3 is 2.26 bits per heavy atom. The second kappa shape index (κ2) is 10.8. The number of aromatic nitrogens is 2. The molecule has 0 amide bonds. The van der Waals surface area contributed by atoms with Crippen molar-refractivity contribution < 1.29 is 13.2 Å². The van der Waals surface area contributed by atoms with Crippen molar-refractivity contribution in [3.05, 3.63) is 119 Å². The van der Waals surface area contributed by atoms with Gasteiger partial charge in [0.1, 0.15) is 11.5 Å². The number of sulfonamides is 1. The molecule has 0 unspecified atom stereocenters. The Morgan fingerprint density at radius 1 is 0.842 bits per heavy atom. The topological polar surface area (TPSA) is 81.5 Å². The van der Waals surface area contributed by atoms with Crippen molar-refractivity contribution in [2.45, 2.75) is 15.8 Å². The van der Waals surface area contributed by atoms with Gasteiger partial charge in [0, 0.05) is 19.8 Å². The van der Waals surface area contributed by atoms with E-state index in [2.05, 4.69) is 0 Å². The number of hydrogen-bond acceptors (Lipinski definition) is 6. The number of ether oxygens (including phenoxy) is 1. The zero-order valence-electron chi connectivity index (χ0n) is 20.8. The van der Waals surface area contributed by atoms with Gasteiger partial charge in [0.2, 0.25) is 10.0 Å². The van der Waals surface area contributed by atoms with Crippen LogP contribution < -0.4 is 10.3 Å². The van der Waals surface area contributed by atoms with Crippen molar-refractivity contribution in [3.63, 3.8) is 0 Å². The summed E-state index contributed by atoms with van der Waals surface area (Å²) in [6, 6.07) is 30.8. The van der Waals surface area contributed by atoms with Crippen molar-refractivity contribution in [2.75, 3.05) is 14.1 Å². The van der Waals surface area contributed by atoms with Gasteiger partial charge in [-0.1, -0.05) is 54.2 Å². The van der Waals surface area contributed by atoms with E-state index in [0.29, 0.717) is 33.2 Å². The molecule has 0 bridgehead atoms. The highest BCUT2D eigenvalue weighted by atomic mass is 32.2. The molecule has 38 heavy (non-hydrogen) atoms. The van der Waals surface area contributed by atoms with Crippen LogP contribution in [0, 0.1) is 0 Å². The molecule has 1 aromatic heterocycles. The maximum absolute atomic E-state index is 13.6. The Bertz CT molecular complexity index is 1750. The fraction of sp³-hybridized carbons (Fsp3) is 0.103. The van der Waals surface area contributed by atoms with Crippen molar-refractivity contribution in [3.8, 4) is 17.2 Å². The van der Waals surface area contributed by atoms with Gasteiger partial charge in [-0.2, -0.15) is 0 Å². The summed E-state index contributed by atoms with van der Waals surface area (Å²) < 4.78 is 33.8. The van der Waals surface area contributed by atoms with E-state index in [1.165, 1.54) is 30.2 Å². The molecule has 0 N–H and O–H groups in total. The molecule has 0 saturated carbocycles. The molecule has 1 heterocycles. The van der Waals surface area contributed by atoms with Crippen LogP contribution in [0.3, 0.4) is 0 Å². The first kappa shape index (κ1) is 25.7. The molecule has 9 heteroatoms. The minimum Gasteiger partial charge on any atom is -0.457 e. The lowest BCUT2D eigenvalue weighted by Crippen LogP contribution is -2.22. The fourth-order valence-electron chi connectivity index (χ4n) is 3.88. The van der Waals surface area contributed by atoms with Crippen LogP contribution in [0.25, 0.3) is 16.6 Å². The Balaban J connectivity index is 1.50. The molecule has 0 spiro atoms. The molecular formula is C29H25N3O4S2. The van der Waals surface area contributed by atoms with Crippen LogP contribution in [-0.2, 0) is 15.8 Å². The minimum absolute atomic E-state index is 0.182. The van der Waals surface area contributed by atoms with Gasteiger partial charge in [-0.25, -0.2) is 17.7 Å². The predicted octanol–water partition coefficient (Wildman–Crippen LogP) is 5.72. The predicted molar refractivity (Wildman–Crippen MR) is 151 cm³/mol. The van der Waals surface area contributed by atoms with E-state index in [1.807, 2.05) is 78.9 Å². The van der Waals surface area contributed by atoms with Gasteiger partial charge in [0.25, 0.3) is 5.56 Å². The van der Waals surface area contributed by atoms with Gasteiger partial charge < -0.3 is 4.74 Å². The van der Waals surface area contributed by atoms with Crippen LogP contribution in [0.4, 0.5) is 0 Å². The average Bonchev–Trinajstić information content (AvgIpc) is 2.93. The summed E-state index contributed by atoms with van der Waals surface area (Å²) in [6.07, 6.45) is 0. The van der Waals surface area contributed by atoms with Gasteiger partial charge in [0.05, 0.1) is 21.5 Å². The van der Waals surface area contributed by atoms with Gasteiger partial charge in [-0.05, 0) is 66.2 Å². The minimum atomic E-state index is -3.55. The summed E-state index contributed by atoms with van der Waals surface area (Å²) in [5, 5.41) is 1.02. The number of fused-ring (bicyclic) bond motifs is 1. The molecule has 0 aliphatic carbocycles. The van der Waals surface area contributed by atoms with Crippen LogP contribution >= 0.6 is 11.8 Å². The lowest BCUT2D eigenvalue weighted by Gasteiger charge is -2.15. The van der Waals surface area contributed by atoms with Crippen molar-refractivity contribution in [1.29, 1.82) is 0 Å². The highest BCUT2D eigenvalue weighted by molar-refractivity contribution is 7.98. The van der Waals surface area contributed by atoms with Crippen LogP contribution in [-0.4, -0.2) is 36.4 Å². The van der Waals surface area contributed by atoms with Gasteiger partial charge in [-0.3, -0.25) is 9.36 Å². The molecule has 4 aromatic carbocycles. The number of para-hydroxylation sites is 2. The summed E-state index contributed by atoms with van der Waals surface area (Å²) in [5.41, 5.74) is 1.88. The Hall–Kier alpha value is -3.92. The third-order valence-electron chi connectivity index (χ3n) is 5.86. The highest BCUT2D eigenvalue weighted by Gasteiger charge is 2.18.